The second-order valence-electron chi connectivity index (χ2n) is 6.20. The van der Waals surface area contributed by atoms with Crippen LogP contribution in [-0.4, -0.2) is 38.6 Å². The minimum atomic E-state index is -3.92. The molecule has 138 valence electrons. The molecule has 2 aromatic rings. The smallest absolute Gasteiger partial charge is 0.243 e. The van der Waals surface area contributed by atoms with Crippen molar-refractivity contribution in [3.63, 3.8) is 0 Å². The van der Waals surface area contributed by atoms with Gasteiger partial charge in [-0.25, -0.2) is 17.2 Å². The minimum Gasteiger partial charge on any atom is -0.336 e. The summed E-state index contributed by atoms with van der Waals surface area (Å²) in [5.74, 6) is -2.29. The Morgan fingerprint density at radius 2 is 1.85 bits per heavy atom. The Labute approximate surface area is 150 Å². The molecule has 26 heavy (non-hydrogen) atoms. The molecular weight excluding hydrogens is 362 g/mol. The topological polar surface area (TPSA) is 57.7 Å². The number of hydrogen-bond acceptors (Lipinski definition) is 3. The van der Waals surface area contributed by atoms with Gasteiger partial charge in [-0.2, -0.15) is 0 Å². The third kappa shape index (κ3) is 3.85. The summed E-state index contributed by atoms with van der Waals surface area (Å²) in [6.07, 6.45) is 1.56. The lowest BCUT2D eigenvalue weighted by Gasteiger charge is -2.31. The number of nitrogens with zero attached hydrogens (tertiary/aromatic N) is 2. The first-order chi connectivity index (χ1) is 12.3. The number of benzene rings is 2. The number of sulfonamides is 1. The van der Waals surface area contributed by atoms with Crippen LogP contribution in [0.4, 0.5) is 14.5 Å². The summed E-state index contributed by atoms with van der Waals surface area (Å²) < 4.78 is 52.0. The second-order valence-corrected chi connectivity index (χ2v) is 8.11. The van der Waals surface area contributed by atoms with Crippen molar-refractivity contribution in [3.8, 4) is 0 Å². The number of amides is 1. The van der Waals surface area contributed by atoms with E-state index in [1.165, 1.54) is 0 Å². The molecule has 0 aromatic heterocycles. The minimum absolute atomic E-state index is 0.348. The Morgan fingerprint density at radius 1 is 1.15 bits per heavy atom. The van der Waals surface area contributed by atoms with Crippen LogP contribution in [0.3, 0.4) is 0 Å². The molecule has 0 fully saturated rings. The van der Waals surface area contributed by atoms with E-state index in [0.717, 1.165) is 29.5 Å². The van der Waals surface area contributed by atoms with Gasteiger partial charge in [0.25, 0.3) is 0 Å². The largest absolute Gasteiger partial charge is 0.336 e. The van der Waals surface area contributed by atoms with Gasteiger partial charge in [-0.15, -0.1) is 0 Å². The average Bonchev–Trinajstić information content (AvgIpc) is 2.59. The highest BCUT2D eigenvalue weighted by Gasteiger charge is 2.28. The molecule has 0 unspecified atom stereocenters. The Hall–Kier alpha value is -2.48. The van der Waals surface area contributed by atoms with E-state index in [-0.39, 0.29) is 5.69 Å². The van der Waals surface area contributed by atoms with E-state index in [1.807, 2.05) is 24.3 Å². The number of carbonyl (C=O) groups is 1. The van der Waals surface area contributed by atoms with E-state index in [2.05, 4.69) is 0 Å². The number of halogens is 2. The predicted octanol–water partition coefficient (Wildman–Crippen LogP) is 2.32. The SMILES string of the molecule is CS(=O)(=O)N(CC(=O)N1CCc2ccccc2C1)c1ccc(F)cc1F. The Kier molecular flexibility index (Phi) is 4.95. The Morgan fingerprint density at radius 3 is 2.50 bits per heavy atom. The molecule has 1 amide bonds. The van der Waals surface area contributed by atoms with E-state index in [0.29, 0.717) is 29.9 Å². The molecule has 0 atom stereocenters. The highest BCUT2D eigenvalue weighted by atomic mass is 32.2. The number of rotatable bonds is 4. The van der Waals surface area contributed by atoms with E-state index >= 15 is 0 Å². The summed E-state index contributed by atoms with van der Waals surface area (Å²) in [7, 11) is -3.92. The number of anilines is 1. The molecule has 0 saturated heterocycles. The van der Waals surface area contributed by atoms with Crippen molar-refractivity contribution in [2.75, 3.05) is 23.7 Å². The molecule has 0 aliphatic carbocycles. The van der Waals surface area contributed by atoms with Crippen LogP contribution in [0.25, 0.3) is 0 Å². The van der Waals surface area contributed by atoms with Crippen LogP contribution < -0.4 is 4.31 Å². The van der Waals surface area contributed by atoms with Gasteiger partial charge in [-0.05, 0) is 29.7 Å². The zero-order chi connectivity index (χ0) is 18.9. The third-order valence-electron chi connectivity index (χ3n) is 4.34. The maximum atomic E-state index is 14.0. The van der Waals surface area contributed by atoms with Crippen molar-refractivity contribution in [1.82, 2.24) is 4.90 Å². The first-order valence-corrected chi connectivity index (χ1v) is 9.88. The molecule has 0 N–H and O–H groups in total. The zero-order valence-electron chi connectivity index (χ0n) is 14.2. The lowest BCUT2D eigenvalue weighted by Crippen LogP contribution is -2.44. The van der Waals surface area contributed by atoms with Crippen LogP contribution in [-0.2, 0) is 27.8 Å². The van der Waals surface area contributed by atoms with Crippen LogP contribution >= 0.6 is 0 Å². The molecule has 5 nitrogen and oxygen atoms in total. The van der Waals surface area contributed by atoms with Crippen LogP contribution in [0.5, 0.6) is 0 Å². The summed E-state index contributed by atoms with van der Waals surface area (Å²) in [5.41, 5.74) is 1.81. The highest BCUT2D eigenvalue weighted by molar-refractivity contribution is 7.92. The summed E-state index contributed by atoms with van der Waals surface area (Å²) in [4.78, 5) is 14.2. The van der Waals surface area contributed by atoms with Crippen molar-refractivity contribution >= 4 is 21.6 Å². The molecule has 0 saturated carbocycles. The Bertz CT molecular complexity index is 947. The molecule has 0 radical (unpaired) electrons. The van der Waals surface area contributed by atoms with Crippen molar-refractivity contribution in [1.29, 1.82) is 0 Å². The second kappa shape index (κ2) is 7.03. The molecule has 0 spiro atoms. The Balaban J connectivity index is 1.83. The summed E-state index contributed by atoms with van der Waals surface area (Å²) in [6.45, 7) is 0.293. The first-order valence-electron chi connectivity index (χ1n) is 8.03. The first kappa shape index (κ1) is 18.3. The molecule has 2 aromatic carbocycles. The number of hydrogen-bond donors (Lipinski definition) is 0. The van der Waals surface area contributed by atoms with Crippen LogP contribution in [0.1, 0.15) is 11.1 Å². The van der Waals surface area contributed by atoms with Crippen LogP contribution in [0, 0.1) is 11.6 Å². The van der Waals surface area contributed by atoms with Gasteiger partial charge >= 0.3 is 0 Å². The van der Waals surface area contributed by atoms with Crippen LogP contribution in [0.2, 0.25) is 0 Å². The standard InChI is InChI=1S/C18H18F2N2O3S/c1-26(24,25)22(17-7-6-15(19)10-16(17)20)12-18(23)21-9-8-13-4-2-3-5-14(13)11-21/h2-7,10H,8-9,11-12H2,1H3. The van der Waals surface area contributed by atoms with E-state index < -0.39 is 34.1 Å². The lowest BCUT2D eigenvalue weighted by atomic mass is 10.00. The zero-order valence-corrected chi connectivity index (χ0v) is 15.0. The molecule has 8 heteroatoms. The van der Waals surface area contributed by atoms with E-state index in [9.17, 15) is 22.0 Å². The number of fused-ring (bicyclic) bond motifs is 1. The predicted molar refractivity (Wildman–Crippen MR) is 94.1 cm³/mol. The molecular formula is C18H18F2N2O3S. The van der Waals surface area contributed by atoms with Gasteiger partial charge in [0, 0.05) is 19.2 Å². The van der Waals surface area contributed by atoms with E-state index in [4.69, 9.17) is 0 Å². The lowest BCUT2D eigenvalue weighted by molar-refractivity contribution is -0.130. The fourth-order valence-electron chi connectivity index (χ4n) is 3.00. The van der Waals surface area contributed by atoms with Gasteiger partial charge in [-0.3, -0.25) is 9.10 Å². The fourth-order valence-corrected chi connectivity index (χ4v) is 3.85. The molecule has 1 aliphatic heterocycles. The van der Waals surface area contributed by atoms with Gasteiger partial charge in [0.1, 0.15) is 18.2 Å². The molecule has 3 rings (SSSR count). The monoisotopic (exact) mass is 380 g/mol. The van der Waals surface area contributed by atoms with Crippen molar-refractivity contribution in [2.45, 2.75) is 13.0 Å². The van der Waals surface area contributed by atoms with Gasteiger partial charge in [0.05, 0.1) is 11.9 Å². The van der Waals surface area contributed by atoms with Crippen molar-refractivity contribution in [2.24, 2.45) is 0 Å². The van der Waals surface area contributed by atoms with Gasteiger partial charge < -0.3 is 4.90 Å². The van der Waals surface area contributed by atoms with Crippen molar-refractivity contribution in [3.05, 3.63) is 65.2 Å². The quantitative estimate of drug-likeness (QED) is 0.818. The normalized spacial score (nSPS) is 14.0. The van der Waals surface area contributed by atoms with E-state index in [1.54, 1.807) is 4.90 Å². The van der Waals surface area contributed by atoms with Gasteiger partial charge in [-0.1, -0.05) is 24.3 Å². The summed E-state index contributed by atoms with van der Waals surface area (Å²) >= 11 is 0. The summed E-state index contributed by atoms with van der Waals surface area (Å²) in [6, 6.07) is 10.3. The molecule has 0 bridgehead atoms. The van der Waals surface area contributed by atoms with Gasteiger partial charge in [0.15, 0.2) is 0 Å². The highest BCUT2D eigenvalue weighted by Crippen LogP contribution is 2.24. The van der Waals surface area contributed by atoms with Crippen LogP contribution in [0.15, 0.2) is 42.5 Å². The molecule has 1 heterocycles. The molecule has 1 aliphatic rings. The maximum Gasteiger partial charge on any atom is 0.243 e. The maximum absolute atomic E-state index is 14.0. The van der Waals surface area contributed by atoms with Gasteiger partial charge in [0.2, 0.25) is 15.9 Å². The fraction of sp³-hybridized carbons (Fsp3) is 0.278. The summed E-state index contributed by atoms with van der Waals surface area (Å²) in [5, 5.41) is 0. The third-order valence-corrected chi connectivity index (χ3v) is 5.47. The average molecular weight is 380 g/mol. The number of carbonyl (C=O) groups excluding carboxylic acids is 1. The van der Waals surface area contributed by atoms with Crippen molar-refractivity contribution < 1.29 is 22.0 Å².